The zero-order valence-electron chi connectivity index (χ0n) is 8.62. The highest BCUT2D eigenvalue weighted by Gasteiger charge is 2.31. The highest BCUT2D eigenvalue weighted by molar-refractivity contribution is 5.81. The van der Waals surface area contributed by atoms with E-state index in [-0.39, 0.29) is 11.9 Å². The second kappa shape index (κ2) is 4.98. The maximum atomic E-state index is 11.5. The van der Waals surface area contributed by atoms with Gasteiger partial charge in [-0.2, -0.15) is 0 Å². The average Bonchev–Trinajstić information content (AvgIpc) is 2.54. The highest BCUT2D eigenvalue weighted by atomic mass is 16.6. The van der Waals surface area contributed by atoms with Crippen molar-refractivity contribution in [3.63, 3.8) is 0 Å². The molecule has 0 spiro atoms. The third-order valence-electron chi connectivity index (χ3n) is 2.46. The Morgan fingerprint density at radius 2 is 2.21 bits per heavy atom. The van der Waals surface area contributed by atoms with Crippen LogP contribution in [0.25, 0.3) is 0 Å². The number of rotatable bonds is 4. The molecule has 0 saturated carbocycles. The highest BCUT2D eigenvalue weighted by Crippen LogP contribution is 2.16. The molecule has 1 aliphatic rings. The van der Waals surface area contributed by atoms with Gasteiger partial charge in [0.15, 0.2) is 0 Å². The number of esters is 2. The van der Waals surface area contributed by atoms with Gasteiger partial charge in [-0.15, -0.1) is 0 Å². The van der Waals surface area contributed by atoms with Crippen LogP contribution in [0.5, 0.6) is 0 Å². The van der Waals surface area contributed by atoms with E-state index in [0.717, 1.165) is 12.8 Å². The molecule has 14 heavy (non-hydrogen) atoms. The Hall–Kier alpha value is -1.06. The first-order valence-corrected chi connectivity index (χ1v) is 5.06. The summed E-state index contributed by atoms with van der Waals surface area (Å²) < 4.78 is 9.75. The van der Waals surface area contributed by atoms with Gasteiger partial charge < -0.3 is 9.47 Å². The number of hydrogen-bond acceptors (Lipinski definition) is 4. The molecule has 1 rings (SSSR count). The molecule has 4 nitrogen and oxygen atoms in total. The lowest BCUT2D eigenvalue weighted by molar-refractivity contribution is -0.163. The topological polar surface area (TPSA) is 52.6 Å². The number of ether oxygens (including phenoxy) is 2. The minimum atomic E-state index is -0.664. The van der Waals surface area contributed by atoms with Crippen molar-refractivity contribution in [2.45, 2.75) is 39.2 Å². The Bertz CT molecular complexity index is 220. The molecular weight excluding hydrogens is 184 g/mol. The van der Waals surface area contributed by atoms with Crippen LogP contribution >= 0.6 is 0 Å². The van der Waals surface area contributed by atoms with Crippen LogP contribution in [-0.2, 0) is 19.1 Å². The third-order valence-corrected chi connectivity index (χ3v) is 2.46. The summed E-state index contributed by atoms with van der Waals surface area (Å²) in [5.41, 5.74) is 0. The first-order valence-electron chi connectivity index (χ1n) is 5.06. The van der Waals surface area contributed by atoms with E-state index in [9.17, 15) is 9.59 Å². The van der Waals surface area contributed by atoms with Crippen molar-refractivity contribution in [2.75, 3.05) is 6.61 Å². The van der Waals surface area contributed by atoms with Crippen LogP contribution in [0.1, 0.15) is 33.1 Å². The monoisotopic (exact) mass is 200 g/mol. The van der Waals surface area contributed by atoms with Crippen LogP contribution < -0.4 is 0 Å². The van der Waals surface area contributed by atoms with Crippen LogP contribution in [0.4, 0.5) is 0 Å². The molecule has 1 unspecified atom stereocenters. The van der Waals surface area contributed by atoms with Crippen LogP contribution in [-0.4, -0.2) is 24.6 Å². The fourth-order valence-electron chi connectivity index (χ4n) is 1.44. The summed E-state index contributed by atoms with van der Waals surface area (Å²) in [6.07, 6.45) is 1.32. The van der Waals surface area contributed by atoms with Crippen LogP contribution in [0.3, 0.4) is 0 Å². The molecule has 80 valence electrons. The lowest BCUT2D eigenvalue weighted by atomic mass is 10.0. The number of hydrogen-bond donors (Lipinski definition) is 0. The third kappa shape index (κ3) is 2.47. The van der Waals surface area contributed by atoms with Gasteiger partial charge in [-0.25, -0.2) is 4.79 Å². The smallest absolute Gasteiger partial charge is 0.347 e. The van der Waals surface area contributed by atoms with E-state index >= 15 is 0 Å². The lowest BCUT2D eigenvalue weighted by Gasteiger charge is -2.13. The summed E-state index contributed by atoms with van der Waals surface area (Å²) in [7, 11) is 0. The van der Waals surface area contributed by atoms with Gasteiger partial charge in [0.25, 0.3) is 0 Å². The first kappa shape index (κ1) is 11.0. The van der Waals surface area contributed by atoms with Crippen molar-refractivity contribution in [3.8, 4) is 0 Å². The van der Waals surface area contributed by atoms with Crippen molar-refractivity contribution >= 4 is 11.9 Å². The largest absolute Gasteiger partial charge is 0.463 e. The van der Waals surface area contributed by atoms with Crippen LogP contribution in [0, 0.1) is 5.92 Å². The Morgan fingerprint density at radius 3 is 2.64 bits per heavy atom. The van der Waals surface area contributed by atoms with Gasteiger partial charge in [0.1, 0.15) is 0 Å². The zero-order chi connectivity index (χ0) is 10.6. The molecule has 1 fully saturated rings. The summed E-state index contributed by atoms with van der Waals surface area (Å²) in [5.74, 6) is -0.786. The van der Waals surface area contributed by atoms with Crippen LogP contribution in [0.15, 0.2) is 0 Å². The number of carbonyl (C=O) groups is 2. The molecule has 0 aromatic heterocycles. The van der Waals surface area contributed by atoms with E-state index in [2.05, 4.69) is 0 Å². The summed E-state index contributed by atoms with van der Waals surface area (Å²) >= 11 is 0. The Kier molecular flexibility index (Phi) is 3.92. The molecule has 0 aromatic rings. The molecule has 1 atom stereocenters. The van der Waals surface area contributed by atoms with E-state index < -0.39 is 12.1 Å². The molecule has 0 bridgehead atoms. The molecular formula is C10H16O4. The van der Waals surface area contributed by atoms with E-state index in [4.69, 9.17) is 9.47 Å². The van der Waals surface area contributed by atoms with Gasteiger partial charge in [-0.1, -0.05) is 13.8 Å². The Balaban J connectivity index is 2.43. The first-order chi connectivity index (χ1) is 6.69. The van der Waals surface area contributed by atoms with E-state index in [1.165, 1.54) is 0 Å². The quantitative estimate of drug-likeness (QED) is 0.641. The molecule has 0 aromatic carbocycles. The molecule has 0 aliphatic carbocycles. The molecule has 1 saturated heterocycles. The second-order valence-corrected chi connectivity index (χ2v) is 3.40. The molecule has 0 N–H and O–H groups in total. The van der Waals surface area contributed by atoms with Crippen molar-refractivity contribution in [1.29, 1.82) is 0 Å². The maximum Gasteiger partial charge on any atom is 0.347 e. The normalized spacial score (nSPS) is 21.1. The van der Waals surface area contributed by atoms with Crippen molar-refractivity contribution < 1.29 is 19.1 Å². The van der Waals surface area contributed by atoms with Gasteiger partial charge >= 0.3 is 11.9 Å². The van der Waals surface area contributed by atoms with E-state index in [0.29, 0.717) is 13.0 Å². The van der Waals surface area contributed by atoms with E-state index in [1.807, 2.05) is 13.8 Å². The van der Waals surface area contributed by atoms with Crippen molar-refractivity contribution in [3.05, 3.63) is 0 Å². The Labute approximate surface area is 83.6 Å². The minimum absolute atomic E-state index is 0.0941. The number of carbonyl (C=O) groups excluding carboxylic acids is 2. The van der Waals surface area contributed by atoms with Crippen molar-refractivity contribution in [2.24, 2.45) is 5.92 Å². The molecule has 1 aliphatic heterocycles. The summed E-state index contributed by atoms with van der Waals surface area (Å²) in [5, 5.41) is 0. The number of cyclic esters (lactones) is 1. The fourth-order valence-corrected chi connectivity index (χ4v) is 1.44. The van der Waals surface area contributed by atoms with Gasteiger partial charge in [0.2, 0.25) is 6.10 Å². The Morgan fingerprint density at radius 1 is 1.57 bits per heavy atom. The minimum Gasteiger partial charge on any atom is -0.463 e. The van der Waals surface area contributed by atoms with Crippen molar-refractivity contribution in [1.82, 2.24) is 0 Å². The lowest BCUT2D eigenvalue weighted by Crippen LogP contribution is -2.26. The SMILES string of the molecule is CCC(CC)C(=O)OC1CCOC1=O. The molecule has 4 heteroatoms. The second-order valence-electron chi connectivity index (χ2n) is 3.40. The molecule has 0 radical (unpaired) electrons. The maximum absolute atomic E-state index is 11.5. The standard InChI is InChI=1S/C10H16O4/c1-3-7(4-2)9(11)14-8-5-6-13-10(8)12/h7-8H,3-6H2,1-2H3. The summed E-state index contributed by atoms with van der Waals surface area (Å²) in [6.45, 7) is 4.23. The van der Waals surface area contributed by atoms with Gasteiger partial charge in [-0.3, -0.25) is 4.79 Å². The summed E-state index contributed by atoms with van der Waals surface area (Å²) in [6, 6.07) is 0. The fraction of sp³-hybridized carbons (Fsp3) is 0.800. The van der Waals surface area contributed by atoms with E-state index in [1.54, 1.807) is 0 Å². The average molecular weight is 200 g/mol. The van der Waals surface area contributed by atoms with Crippen LogP contribution in [0.2, 0.25) is 0 Å². The van der Waals surface area contributed by atoms with Gasteiger partial charge in [0.05, 0.1) is 12.5 Å². The zero-order valence-corrected chi connectivity index (χ0v) is 8.62. The van der Waals surface area contributed by atoms with Gasteiger partial charge in [-0.05, 0) is 12.8 Å². The predicted octanol–water partition coefficient (Wildman–Crippen LogP) is 1.28. The summed E-state index contributed by atoms with van der Waals surface area (Å²) in [4.78, 5) is 22.5. The van der Waals surface area contributed by atoms with Gasteiger partial charge in [0, 0.05) is 6.42 Å². The predicted molar refractivity (Wildman–Crippen MR) is 49.5 cm³/mol. The molecule has 1 heterocycles. The molecule has 0 amide bonds.